The normalized spacial score (nSPS) is 14.2. The summed E-state index contributed by atoms with van der Waals surface area (Å²) >= 11 is 0. The third-order valence-corrected chi connectivity index (χ3v) is 18.7. The lowest BCUT2D eigenvalue weighted by Crippen LogP contribution is -2.30. The van der Waals surface area contributed by atoms with Crippen LogP contribution in [0.25, 0.3) is 0 Å². The van der Waals surface area contributed by atoms with Gasteiger partial charge >= 0.3 is 39.5 Å². The average Bonchev–Trinajstić information content (AvgIpc) is 1.99. The summed E-state index contributed by atoms with van der Waals surface area (Å²) in [6.07, 6.45) is 46.3. The zero-order valence-corrected chi connectivity index (χ0v) is 62.0. The van der Waals surface area contributed by atoms with Crippen molar-refractivity contribution in [3.8, 4) is 0 Å². The van der Waals surface area contributed by atoms with Gasteiger partial charge < -0.3 is 33.8 Å². The van der Waals surface area contributed by atoms with Gasteiger partial charge in [-0.1, -0.05) is 312 Å². The molecular formula is C73H142O17P2. The highest BCUT2D eigenvalue weighted by molar-refractivity contribution is 7.47. The Morgan fingerprint density at radius 3 is 0.674 bits per heavy atom. The van der Waals surface area contributed by atoms with E-state index in [1.807, 2.05) is 0 Å². The van der Waals surface area contributed by atoms with Crippen LogP contribution in [0.4, 0.5) is 0 Å². The monoisotopic (exact) mass is 1350 g/mol. The van der Waals surface area contributed by atoms with Gasteiger partial charge in [0.15, 0.2) is 12.2 Å². The van der Waals surface area contributed by atoms with E-state index in [9.17, 15) is 43.2 Å². The predicted octanol–water partition coefficient (Wildman–Crippen LogP) is 20.9. The Balaban J connectivity index is 5.15. The minimum absolute atomic E-state index is 0.104. The van der Waals surface area contributed by atoms with Crippen LogP contribution in [0.1, 0.15) is 364 Å². The minimum atomic E-state index is -4.95. The summed E-state index contributed by atoms with van der Waals surface area (Å²) in [6.45, 7) is 14.0. The van der Waals surface area contributed by atoms with Crippen molar-refractivity contribution in [2.24, 2.45) is 23.7 Å². The lowest BCUT2D eigenvalue weighted by molar-refractivity contribution is -0.161. The molecule has 0 aliphatic rings. The van der Waals surface area contributed by atoms with Gasteiger partial charge in [-0.05, 0) is 49.4 Å². The van der Waals surface area contributed by atoms with Crippen LogP contribution >= 0.6 is 15.6 Å². The first kappa shape index (κ1) is 90.1. The van der Waals surface area contributed by atoms with E-state index in [0.29, 0.717) is 37.5 Å². The highest BCUT2D eigenvalue weighted by Crippen LogP contribution is 2.45. The molecular weight excluding hydrogens is 1210 g/mol. The standard InChI is InChI=1S/C73H142O17P2/c1-63(2)49-41-33-25-21-17-15-13-11-9-10-12-14-16-18-23-27-39-47-55-72(77)89-68(59-83-70(75)53-45-37-31-29-35-43-51-65(5)6)61-87-91(79,80)85-57-67(74)58-86-92(81,82)88-62-69(60-84-71(76)54-46-38-32-30-36-44-52-66(7)8)90-73(78)56-48-40-28-24-20-19-22-26-34-42-50-64(3)4/h63-69,74H,9-62H2,1-8H3,(H,79,80)(H,81,82)/t67?,68-,69-/m1/s1. The minimum Gasteiger partial charge on any atom is -0.462 e. The van der Waals surface area contributed by atoms with Crippen LogP contribution in [0, 0.1) is 23.7 Å². The molecule has 0 spiro atoms. The Morgan fingerprint density at radius 2 is 0.457 bits per heavy atom. The van der Waals surface area contributed by atoms with Crippen molar-refractivity contribution >= 4 is 39.5 Å². The first-order chi connectivity index (χ1) is 44.1. The van der Waals surface area contributed by atoms with Crippen LogP contribution in [-0.4, -0.2) is 96.7 Å². The van der Waals surface area contributed by atoms with Crippen molar-refractivity contribution < 1.29 is 80.2 Å². The molecule has 0 aromatic heterocycles. The first-order valence-corrected chi connectivity index (χ1v) is 40.7. The molecule has 0 saturated carbocycles. The molecule has 0 amide bonds. The van der Waals surface area contributed by atoms with Gasteiger partial charge in [0.05, 0.1) is 26.4 Å². The van der Waals surface area contributed by atoms with Gasteiger partial charge in [0, 0.05) is 25.7 Å². The average molecular weight is 1350 g/mol. The molecule has 0 bridgehead atoms. The predicted molar refractivity (Wildman–Crippen MR) is 372 cm³/mol. The van der Waals surface area contributed by atoms with Crippen LogP contribution in [-0.2, 0) is 65.4 Å². The molecule has 546 valence electrons. The zero-order chi connectivity index (χ0) is 68.2. The molecule has 5 atom stereocenters. The Morgan fingerprint density at radius 1 is 0.272 bits per heavy atom. The summed E-state index contributed by atoms with van der Waals surface area (Å²) in [7, 11) is -9.90. The Kier molecular flexibility index (Phi) is 61.3. The molecule has 0 heterocycles. The number of ether oxygens (including phenoxy) is 4. The van der Waals surface area contributed by atoms with E-state index in [1.54, 1.807) is 0 Å². The van der Waals surface area contributed by atoms with E-state index in [1.165, 1.54) is 154 Å². The molecule has 0 aliphatic carbocycles. The molecule has 92 heavy (non-hydrogen) atoms. The van der Waals surface area contributed by atoms with Crippen LogP contribution in [0.15, 0.2) is 0 Å². The number of hydrogen-bond donors (Lipinski definition) is 3. The summed E-state index contributed by atoms with van der Waals surface area (Å²) in [5.41, 5.74) is 0. The van der Waals surface area contributed by atoms with E-state index < -0.39 is 97.5 Å². The number of carbonyl (C=O) groups is 4. The summed E-state index contributed by atoms with van der Waals surface area (Å²) < 4.78 is 68.3. The van der Waals surface area contributed by atoms with Crippen molar-refractivity contribution in [2.75, 3.05) is 39.6 Å². The molecule has 3 unspecified atom stereocenters. The lowest BCUT2D eigenvalue weighted by Gasteiger charge is -2.21. The van der Waals surface area contributed by atoms with Crippen molar-refractivity contribution in [3.05, 3.63) is 0 Å². The third kappa shape index (κ3) is 66.7. The molecule has 19 heteroatoms. The lowest BCUT2D eigenvalue weighted by atomic mass is 10.0. The summed E-state index contributed by atoms with van der Waals surface area (Å²) in [5.74, 6) is 0.801. The number of rotatable bonds is 70. The van der Waals surface area contributed by atoms with Crippen LogP contribution in [0.2, 0.25) is 0 Å². The van der Waals surface area contributed by atoms with Crippen LogP contribution in [0.3, 0.4) is 0 Å². The number of aliphatic hydroxyl groups excluding tert-OH is 1. The van der Waals surface area contributed by atoms with Crippen LogP contribution < -0.4 is 0 Å². The van der Waals surface area contributed by atoms with Gasteiger partial charge in [-0.3, -0.25) is 37.3 Å². The number of phosphoric ester groups is 2. The topological polar surface area (TPSA) is 237 Å². The summed E-state index contributed by atoms with van der Waals surface area (Å²) in [5, 5.41) is 10.6. The molecule has 0 rings (SSSR count). The van der Waals surface area contributed by atoms with Gasteiger partial charge in [-0.15, -0.1) is 0 Å². The fraction of sp³-hybridized carbons (Fsp3) is 0.945. The van der Waals surface area contributed by atoms with E-state index in [2.05, 4.69) is 55.4 Å². The molecule has 0 fully saturated rings. The molecule has 0 aromatic rings. The van der Waals surface area contributed by atoms with Crippen molar-refractivity contribution in [3.63, 3.8) is 0 Å². The highest BCUT2D eigenvalue weighted by atomic mass is 31.2. The number of phosphoric acid groups is 2. The quantitative estimate of drug-likeness (QED) is 0.0222. The molecule has 0 aliphatic heterocycles. The van der Waals surface area contributed by atoms with Crippen molar-refractivity contribution in [1.82, 2.24) is 0 Å². The summed E-state index contributed by atoms with van der Waals surface area (Å²) in [6, 6.07) is 0. The fourth-order valence-electron chi connectivity index (χ4n) is 11.0. The molecule has 17 nitrogen and oxygen atoms in total. The summed E-state index contributed by atoms with van der Waals surface area (Å²) in [4.78, 5) is 72.5. The molecule has 0 aromatic carbocycles. The van der Waals surface area contributed by atoms with Gasteiger partial charge in [-0.25, -0.2) is 9.13 Å². The second-order valence-electron chi connectivity index (χ2n) is 28.2. The number of aliphatic hydroxyl groups is 1. The Labute approximate surface area is 562 Å². The zero-order valence-electron chi connectivity index (χ0n) is 60.2. The first-order valence-electron chi connectivity index (χ1n) is 37.7. The second-order valence-corrected chi connectivity index (χ2v) is 31.1. The van der Waals surface area contributed by atoms with E-state index in [0.717, 1.165) is 115 Å². The maximum absolute atomic E-state index is 13.0. The van der Waals surface area contributed by atoms with Crippen molar-refractivity contribution in [1.29, 1.82) is 0 Å². The smallest absolute Gasteiger partial charge is 0.462 e. The SMILES string of the molecule is CC(C)CCCCCCCCCCCCCCCCCCCCC(=O)O[C@H](COC(=O)CCCCCCCCC(C)C)COP(=O)(O)OCC(O)COP(=O)(O)OC[C@@H](COC(=O)CCCCCCCCC(C)C)OC(=O)CCCCCCCCCCCCC(C)C. The molecule has 0 radical (unpaired) electrons. The maximum Gasteiger partial charge on any atom is 0.472 e. The van der Waals surface area contributed by atoms with E-state index in [-0.39, 0.29) is 25.7 Å². The van der Waals surface area contributed by atoms with Gasteiger partial charge in [-0.2, -0.15) is 0 Å². The van der Waals surface area contributed by atoms with E-state index >= 15 is 0 Å². The Bertz CT molecular complexity index is 1820. The fourth-order valence-corrected chi connectivity index (χ4v) is 12.6. The number of carbonyl (C=O) groups excluding carboxylic acids is 4. The van der Waals surface area contributed by atoms with Gasteiger partial charge in [0.1, 0.15) is 19.3 Å². The van der Waals surface area contributed by atoms with Crippen molar-refractivity contribution in [2.45, 2.75) is 382 Å². The molecule has 3 N–H and O–H groups in total. The molecule has 0 saturated heterocycles. The Hall–Kier alpha value is -1.94. The van der Waals surface area contributed by atoms with E-state index in [4.69, 9.17) is 37.0 Å². The number of unbranched alkanes of at least 4 members (excludes halogenated alkanes) is 36. The number of hydrogen-bond acceptors (Lipinski definition) is 15. The number of esters is 4. The largest absolute Gasteiger partial charge is 0.472 e. The van der Waals surface area contributed by atoms with Crippen LogP contribution in [0.5, 0.6) is 0 Å². The van der Waals surface area contributed by atoms with Gasteiger partial charge in [0.25, 0.3) is 0 Å². The highest BCUT2D eigenvalue weighted by Gasteiger charge is 2.30. The second kappa shape index (κ2) is 62.6. The maximum atomic E-state index is 13.0. The third-order valence-electron chi connectivity index (χ3n) is 16.8. The van der Waals surface area contributed by atoms with Gasteiger partial charge in [0.2, 0.25) is 0 Å².